The van der Waals surface area contributed by atoms with Gasteiger partial charge in [-0.05, 0) is 42.0 Å². The number of aromatic amines is 1. The first-order valence-electron chi connectivity index (χ1n) is 6.24. The molecule has 0 radical (unpaired) electrons. The van der Waals surface area contributed by atoms with Gasteiger partial charge in [-0.3, -0.25) is 10.1 Å². The third-order valence-electron chi connectivity index (χ3n) is 2.92. The lowest BCUT2D eigenvalue weighted by atomic mass is 10.1. The third-order valence-corrected chi connectivity index (χ3v) is 2.92. The Kier molecular flexibility index (Phi) is 3.29. The molecule has 2 heterocycles. The number of rotatable bonds is 3. The standard InChI is InChI=1S/C16H13N3O/c20-15-5-2-12(3-6-15)1-4-14-11-16(19-18-14)13-7-9-17-10-8-13/h1-11,20H,(H,18,19). The van der Waals surface area contributed by atoms with Gasteiger partial charge < -0.3 is 5.11 Å². The molecule has 98 valence electrons. The Balaban J connectivity index is 1.79. The van der Waals surface area contributed by atoms with Crippen molar-refractivity contribution in [3.8, 4) is 17.0 Å². The maximum Gasteiger partial charge on any atom is 0.115 e. The first kappa shape index (κ1) is 12.2. The number of phenolic OH excluding ortho intramolecular Hbond substituents is 1. The second-order valence-electron chi connectivity index (χ2n) is 4.37. The summed E-state index contributed by atoms with van der Waals surface area (Å²) < 4.78 is 0. The highest BCUT2D eigenvalue weighted by atomic mass is 16.3. The summed E-state index contributed by atoms with van der Waals surface area (Å²) in [5.74, 6) is 0.267. The lowest BCUT2D eigenvalue weighted by Crippen LogP contribution is -1.77. The summed E-state index contributed by atoms with van der Waals surface area (Å²) in [4.78, 5) is 3.99. The number of phenols is 1. The van der Waals surface area contributed by atoms with E-state index < -0.39 is 0 Å². The van der Waals surface area contributed by atoms with Crippen LogP contribution in [0.25, 0.3) is 23.4 Å². The zero-order chi connectivity index (χ0) is 13.8. The number of aromatic nitrogens is 3. The van der Waals surface area contributed by atoms with E-state index >= 15 is 0 Å². The zero-order valence-corrected chi connectivity index (χ0v) is 10.7. The molecule has 0 aliphatic heterocycles. The van der Waals surface area contributed by atoms with Gasteiger partial charge in [-0.15, -0.1) is 0 Å². The zero-order valence-electron chi connectivity index (χ0n) is 10.7. The van der Waals surface area contributed by atoms with Crippen molar-refractivity contribution in [2.75, 3.05) is 0 Å². The second-order valence-corrected chi connectivity index (χ2v) is 4.37. The van der Waals surface area contributed by atoms with Gasteiger partial charge in [0.2, 0.25) is 0 Å². The average Bonchev–Trinajstić information content (AvgIpc) is 2.97. The van der Waals surface area contributed by atoms with Crippen molar-refractivity contribution < 1.29 is 5.11 Å². The number of hydrogen-bond acceptors (Lipinski definition) is 3. The van der Waals surface area contributed by atoms with Gasteiger partial charge in [0.1, 0.15) is 5.75 Å². The van der Waals surface area contributed by atoms with Crippen LogP contribution in [-0.2, 0) is 0 Å². The summed E-state index contributed by atoms with van der Waals surface area (Å²) in [6.45, 7) is 0. The lowest BCUT2D eigenvalue weighted by molar-refractivity contribution is 0.475. The van der Waals surface area contributed by atoms with Crippen molar-refractivity contribution in [3.63, 3.8) is 0 Å². The molecule has 0 spiro atoms. The molecule has 0 saturated carbocycles. The molecule has 4 heteroatoms. The molecule has 0 fully saturated rings. The number of nitrogens with one attached hydrogen (secondary N) is 1. The van der Waals surface area contributed by atoms with Gasteiger partial charge in [-0.25, -0.2) is 0 Å². The van der Waals surface area contributed by atoms with Gasteiger partial charge in [-0.1, -0.05) is 18.2 Å². The molecule has 4 nitrogen and oxygen atoms in total. The molecule has 0 aliphatic rings. The number of hydrogen-bond donors (Lipinski definition) is 2. The Bertz CT molecular complexity index is 715. The lowest BCUT2D eigenvalue weighted by Gasteiger charge is -1.93. The molecule has 0 unspecified atom stereocenters. The van der Waals surface area contributed by atoms with Crippen LogP contribution >= 0.6 is 0 Å². The minimum Gasteiger partial charge on any atom is -0.508 e. The van der Waals surface area contributed by atoms with Crippen LogP contribution in [0.3, 0.4) is 0 Å². The summed E-state index contributed by atoms with van der Waals surface area (Å²) in [5, 5.41) is 16.5. The van der Waals surface area contributed by atoms with Crippen molar-refractivity contribution in [2.24, 2.45) is 0 Å². The van der Waals surface area contributed by atoms with E-state index in [0.717, 1.165) is 22.5 Å². The van der Waals surface area contributed by atoms with E-state index in [1.807, 2.05) is 42.5 Å². The molecule has 2 aromatic heterocycles. The van der Waals surface area contributed by atoms with E-state index in [1.165, 1.54) is 0 Å². The van der Waals surface area contributed by atoms with E-state index in [-0.39, 0.29) is 5.75 Å². The Hall–Kier alpha value is -2.88. The normalized spacial score (nSPS) is 11.0. The Morgan fingerprint density at radius 1 is 0.950 bits per heavy atom. The van der Waals surface area contributed by atoms with Crippen LogP contribution < -0.4 is 0 Å². The van der Waals surface area contributed by atoms with Crippen molar-refractivity contribution in [1.29, 1.82) is 0 Å². The molecule has 0 amide bonds. The van der Waals surface area contributed by atoms with Crippen molar-refractivity contribution in [1.82, 2.24) is 15.2 Å². The smallest absolute Gasteiger partial charge is 0.115 e. The Morgan fingerprint density at radius 3 is 2.45 bits per heavy atom. The van der Waals surface area contributed by atoms with Crippen LogP contribution in [-0.4, -0.2) is 20.3 Å². The summed E-state index contributed by atoms with van der Waals surface area (Å²) in [6, 6.07) is 12.8. The van der Waals surface area contributed by atoms with Gasteiger partial charge >= 0.3 is 0 Å². The summed E-state index contributed by atoms with van der Waals surface area (Å²) in [5.41, 5.74) is 3.85. The molecule has 0 bridgehead atoms. The predicted molar refractivity (Wildman–Crippen MR) is 78.9 cm³/mol. The van der Waals surface area contributed by atoms with Crippen molar-refractivity contribution in [2.45, 2.75) is 0 Å². The third kappa shape index (κ3) is 2.75. The summed E-state index contributed by atoms with van der Waals surface area (Å²) >= 11 is 0. The number of pyridine rings is 1. The molecular weight excluding hydrogens is 250 g/mol. The molecule has 20 heavy (non-hydrogen) atoms. The molecule has 0 saturated heterocycles. The highest BCUT2D eigenvalue weighted by Gasteiger charge is 2.01. The predicted octanol–water partition coefficient (Wildman–Crippen LogP) is 3.35. The van der Waals surface area contributed by atoms with Crippen LogP contribution in [0, 0.1) is 0 Å². The number of H-pyrrole nitrogens is 1. The van der Waals surface area contributed by atoms with E-state index in [4.69, 9.17) is 0 Å². The summed E-state index contributed by atoms with van der Waals surface area (Å²) in [7, 11) is 0. The van der Waals surface area contributed by atoms with Crippen LogP contribution in [0.15, 0.2) is 54.9 Å². The van der Waals surface area contributed by atoms with Crippen LogP contribution in [0.4, 0.5) is 0 Å². The van der Waals surface area contributed by atoms with E-state index in [9.17, 15) is 5.11 Å². The van der Waals surface area contributed by atoms with E-state index in [0.29, 0.717) is 0 Å². The fraction of sp³-hybridized carbons (Fsp3) is 0. The van der Waals surface area contributed by atoms with E-state index in [2.05, 4.69) is 15.2 Å². The Morgan fingerprint density at radius 2 is 1.70 bits per heavy atom. The van der Waals surface area contributed by atoms with Crippen LogP contribution in [0.5, 0.6) is 5.75 Å². The van der Waals surface area contributed by atoms with Crippen molar-refractivity contribution in [3.05, 3.63) is 66.1 Å². The fourth-order valence-corrected chi connectivity index (χ4v) is 1.86. The molecule has 1 aromatic carbocycles. The van der Waals surface area contributed by atoms with Crippen LogP contribution in [0.1, 0.15) is 11.3 Å². The van der Waals surface area contributed by atoms with Gasteiger partial charge in [0, 0.05) is 18.0 Å². The van der Waals surface area contributed by atoms with E-state index in [1.54, 1.807) is 24.5 Å². The highest BCUT2D eigenvalue weighted by Crippen LogP contribution is 2.18. The number of nitrogens with zero attached hydrogens (tertiary/aromatic N) is 2. The second kappa shape index (κ2) is 5.40. The highest BCUT2D eigenvalue weighted by molar-refractivity contribution is 5.70. The molecule has 3 rings (SSSR count). The maximum atomic E-state index is 9.23. The van der Waals surface area contributed by atoms with Crippen molar-refractivity contribution >= 4 is 12.2 Å². The average molecular weight is 263 g/mol. The number of aromatic hydroxyl groups is 1. The quantitative estimate of drug-likeness (QED) is 0.761. The van der Waals surface area contributed by atoms with Gasteiger partial charge in [-0.2, -0.15) is 5.10 Å². The molecular formula is C16H13N3O. The minimum atomic E-state index is 0.267. The molecule has 0 aliphatic carbocycles. The largest absolute Gasteiger partial charge is 0.508 e. The summed E-state index contributed by atoms with van der Waals surface area (Å²) in [6.07, 6.45) is 7.40. The fourth-order valence-electron chi connectivity index (χ4n) is 1.86. The first-order valence-corrected chi connectivity index (χ1v) is 6.24. The topological polar surface area (TPSA) is 61.8 Å². The first-order chi connectivity index (χ1) is 9.81. The Labute approximate surface area is 116 Å². The molecule has 2 N–H and O–H groups in total. The SMILES string of the molecule is Oc1ccc(C=Cc2cc(-c3ccncc3)n[nH]2)cc1. The minimum absolute atomic E-state index is 0.267. The number of benzene rings is 1. The van der Waals surface area contributed by atoms with Crippen LogP contribution in [0.2, 0.25) is 0 Å². The molecule has 0 atom stereocenters. The van der Waals surface area contributed by atoms with Gasteiger partial charge in [0.25, 0.3) is 0 Å². The van der Waals surface area contributed by atoms with Gasteiger partial charge in [0.05, 0.1) is 11.4 Å². The monoisotopic (exact) mass is 263 g/mol. The van der Waals surface area contributed by atoms with Gasteiger partial charge in [0.15, 0.2) is 0 Å². The molecule has 3 aromatic rings. The maximum absolute atomic E-state index is 9.23.